The highest BCUT2D eigenvalue weighted by Crippen LogP contribution is 2.36. The maximum Gasteiger partial charge on any atom is 0.417 e. The van der Waals surface area contributed by atoms with Crippen LogP contribution >= 0.6 is 12.4 Å². The summed E-state index contributed by atoms with van der Waals surface area (Å²) >= 11 is 0. The van der Waals surface area contributed by atoms with Gasteiger partial charge in [0.05, 0.1) is 33.9 Å². The molecule has 0 atom stereocenters. The summed E-state index contributed by atoms with van der Waals surface area (Å²) in [6.07, 6.45) is -5.04. The van der Waals surface area contributed by atoms with Gasteiger partial charge in [0.2, 0.25) is 19.9 Å². The second kappa shape index (κ2) is 11.1. The maximum absolute atomic E-state index is 13.4. The van der Waals surface area contributed by atoms with Gasteiger partial charge >= 0.3 is 12.1 Å². The molecule has 2 N–H and O–H groups in total. The van der Waals surface area contributed by atoms with Crippen LogP contribution < -0.4 is 10.0 Å². The topological polar surface area (TPSA) is 119 Å². The second-order valence-electron chi connectivity index (χ2n) is 6.12. The van der Waals surface area contributed by atoms with E-state index in [9.17, 15) is 34.8 Å². The molecule has 0 heterocycles. The van der Waals surface area contributed by atoms with Gasteiger partial charge in [0.15, 0.2) is 0 Å². The van der Waals surface area contributed by atoms with Crippen LogP contribution in [-0.2, 0) is 35.6 Å². The molecule has 0 saturated heterocycles. The number of hydrogen-bond acceptors (Lipinski definition) is 7. The predicted molar refractivity (Wildman–Crippen MR) is 111 cm³/mol. The number of hydrogen-bond donors (Lipinski definition) is 2. The summed E-state index contributed by atoms with van der Waals surface area (Å²) < 4.78 is 97.0. The first kappa shape index (κ1) is 27.8. The van der Waals surface area contributed by atoms with Crippen LogP contribution in [0.25, 0.3) is 0 Å². The Morgan fingerprint density at radius 3 is 2.16 bits per heavy atom. The summed E-state index contributed by atoms with van der Waals surface area (Å²) in [5, 5.41) is 2.54. The second-order valence-corrected chi connectivity index (χ2v) is 9.81. The number of benzene rings is 2. The van der Waals surface area contributed by atoms with Crippen molar-refractivity contribution in [3.8, 4) is 0 Å². The first-order valence-corrected chi connectivity index (χ1v) is 11.6. The first-order valence-electron chi connectivity index (χ1n) is 8.68. The highest BCUT2D eigenvalue weighted by atomic mass is 35.5. The SMILES string of the molecule is COC(=O)CNCCNS(=O)(=O)c1cc(S(=O)(=O)c2ccccc2)ccc1C(F)(F)F.Cl. The highest BCUT2D eigenvalue weighted by molar-refractivity contribution is 7.91. The third kappa shape index (κ3) is 6.90. The van der Waals surface area contributed by atoms with Crippen molar-refractivity contribution in [1.29, 1.82) is 0 Å². The molecule has 0 saturated carbocycles. The van der Waals surface area contributed by atoms with E-state index in [2.05, 4.69) is 10.1 Å². The van der Waals surface area contributed by atoms with Crippen LogP contribution in [0.1, 0.15) is 5.56 Å². The average Bonchev–Trinajstić information content (AvgIpc) is 2.72. The molecule has 0 aliphatic carbocycles. The van der Waals surface area contributed by atoms with Crippen molar-refractivity contribution >= 4 is 38.2 Å². The Hall–Kier alpha value is -2.19. The van der Waals surface area contributed by atoms with Gasteiger partial charge in [-0.15, -0.1) is 12.4 Å². The molecule has 0 unspecified atom stereocenters. The minimum absolute atomic E-state index is 0. The molecule has 14 heteroatoms. The molecule has 8 nitrogen and oxygen atoms in total. The van der Waals surface area contributed by atoms with E-state index < -0.39 is 47.4 Å². The molecule has 2 rings (SSSR count). The van der Waals surface area contributed by atoms with E-state index in [0.717, 1.165) is 7.11 Å². The number of nitrogens with one attached hydrogen (secondary N) is 2. The van der Waals surface area contributed by atoms with Gasteiger partial charge in [-0.1, -0.05) is 18.2 Å². The van der Waals surface area contributed by atoms with Crippen molar-refractivity contribution in [3.05, 3.63) is 54.1 Å². The van der Waals surface area contributed by atoms with Gasteiger partial charge in [0.1, 0.15) is 0 Å². The number of rotatable bonds is 9. The molecule has 0 fully saturated rings. The summed E-state index contributed by atoms with van der Waals surface area (Å²) in [7, 11) is -7.83. The fourth-order valence-electron chi connectivity index (χ4n) is 2.48. The van der Waals surface area contributed by atoms with E-state index in [4.69, 9.17) is 0 Å². The number of esters is 1. The Morgan fingerprint density at radius 2 is 1.59 bits per heavy atom. The number of alkyl halides is 3. The number of methoxy groups -OCH3 is 1. The summed E-state index contributed by atoms with van der Waals surface area (Å²) in [4.78, 5) is 8.98. The molecule has 178 valence electrons. The fourth-order valence-corrected chi connectivity index (χ4v) is 5.14. The van der Waals surface area contributed by atoms with Gasteiger partial charge in [0.25, 0.3) is 0 Å². The number of carbonyl (C=O) groups is 1. The number of sulfone groups is 1. The summed E-state index contributed by atoms with van der Waals surface area (Å²) in [5.74, 6) is -0.610. The molecule has 2 aromatic rings. The molecule has 0 aliphatic heterocycles. The predicted octanol–water partition coefficient (Wildman–Crippen LogP) is 2.00. The van der Waals surface area contributed by atoms with Crippen LogP contribution in [0.2, 0.25) is 0 Å². The normalized spacial score (nSPS) is 12.1. The molecule has 0 spiro atoms. The van der Waals surface area contributed by atoms with Crippen LogP contribution in [0.15, 0.2) is 63.2 Å². The summed E-state index contributed by atoms with van der Waals surface area (Å²) in [6.45, 7) is -0.666. The zero-order valence-corrected chi connectivity index (χ0v) is 19.0. The Bertz CT molecular complexity index is 1140. The lowest BCUT2D eigenvalue weighted by molar-refractivity contribution is -0.140. The highest BCUT2D eigenvalue weighted by Gasteiger charge is 2.38. The van der Waals surface area contributed by atoms with Gasteiger partial charge in [-0.25, -0.2) is 21.6 Å². The van der Waals surface area contributed by atoms with Crippen molar-refractivity contribution in [2.75, 3.05) is 26.7 Å². The Labute approximate surface area is 189 Å². The lowest BCUT2D eigenvalue weighted by Crippen LogP contribution is -2.35. The Morgan fingerprint density at radius 1 is 0.969 bits per heavy atom. The van der Waals surface area contributed by atoms with Crippen LogP contribution in [0, 0.1) is 0 Å². The standard InChI is InChI=1S/C18H19F3N2O6S2.ClH/c1-29-17(24)12-22-9-10-23-31(27,28)16-11-14(7-8-15(16)18(19,20)21)30(25,26)13-5-3-2-4-6-13;/h2-8,11,22-23H,9-10,12H2,1H3;1H. The number of carbonyl (C=O) groups excluding carboxylic acids is 1. The van der Waals surface area contributed by atoms with Gasteiger partial charge < -0.3 is 10.1 Å². The van der Waals surface area contributed by atoms with Crippen molar-refractivity contribution in [1.82, 2.24) is 10.0 Å². The van der Waals surface area contributed by atoms with Gasteiger partial charge in [-0.3, -0.25) is 4.79 Å². The molecule has 0 radical (unpaired) electrons. The molecule has 0 aromatic heterocycles. The lowest BCUT2D eigenvalue weighted by Gasteiger charge is -2.16. The molecular weight excluding hydrogens is 497 g/mol. The zero-order valence-electron chi connectivity index (χ0n) is 16.5. The maximum atomic E-state index is 13.4. The third-order valence-electron chi connectivity index (χ3n) is 4.00. The van der Waals surface area contributed by atoms with E-state index in [1.54, 1.807) is 6.07 Å². The zero-order chi connectivity index (χ0) is 23.3. The minimum Gasteiger partial charge on any atom is -0.468 e. The number of ether oxygens (including phenoxy) is 1. The van der Waals surface area contributed by atoms with E-state index in [1.165, 1.54) is 24.3 Å². The van der Waals surface area contributed by atoms with E-state index in [0.29, 0.717) is 18.2 Å². The van der Waals surface area contributed by atoms with Crippen LogP contribution in [0.4, 0.5) is 13.2 Å². The average molecular weight is 517 g/mol. The lowest BCUT2D eigenvalue weighted by atomic mass is 10.2. The van der Waals surface area contributed by atoms with E-state index >= 15 is 0 Å². The smallest absolute Gasteiger partial charge is 0.417 e. The Kier molecular flexibility index (Phi) is 9.66. The van der Waals surface area contributed by atoms with Crippen molar-refractivity contribution in [2.24, 2.45) is 0 Å². The molecule has 32 heavy (non-hydrogen) atoms. The third-order valence-corrected chi connectivity index (χ3v) is 7.27. The molecule has 2 aromatic carbocycles. The largest absolute Gasteiger partial charge is 0.468 e. The van der Waals surface area contributed by atoms with Crippen molar-refractivity contribution < 1.29 is 39.5 Å². The van der Waals surface area contributed by atoms with Gasteiger partial charge in [0, 0.05) is 13.1 Å². The van der Waals surface area contributed by atoms with E-state index in [-0.39, 0.29) is 36.9 Å². The molecule has 0 bridgehead atoms. The van der Waals surface area contributed by atoms with Crippen LogP contribution in [0.5, 0.6) is 0 Å². The van der Waals surface area contributed by atoms with E-state index in [1.807, 2.05) is 4.72 Å². The van der Waals surface area contributed by atoms with Crippen molar-refractivity contribution in [2.45, 2.75) is 20.9 Å². The Balaban J connectivity index is 0.00000512. The minimum atomic E-state index is -5.04. The quantitative estimate of drug-likeness (QED) is 0.386. The van der Waals surface area contributed by atoms with Crippen LogP contribution in [0.3, 0.4) is 0 Å². The number of sulfonamides is 1. The molecule has 0 aliphatic rings. The first-order chi connectivity index (χ1) is 14.4. The van der Waals surface area contributed by atoms with Crippen LogP contribution in [-0.4, -0.2) is 49.5 Å². The summed E-state index contributed by atoms with van der Waals surface area (Å²) in [6, 6.07) is 8.50. The van der Waals surface area contributed by atoms with Crippen molar-refractivity contribution in [3.63, 3.8) is 0 Å². The summed E-state index contributed by atoms with van der Waals surface area (Å²) in [5.41, 5.74) is -1.51. The monoisotopic (exact) mass is 516 g/mol. The fraction of sp³-hybridized carbons (Fsp3) is 0.278. The molecular formula is C18H20ClF3N2O6S2. The van der Waals surface area contributed by atoms with Gasteiger partial charge in [-0.2, -0.15) is 13.2 Å². The number of halogens is 4. The van der Waals surface area contributed by atoms with Gasteiger partial charge in [-0.05, 0) is 30.3 Å². The molecule has 0 amide bonds.